The third kappa shape index (κ3) is 2.46. The summed E-state index contributed by atoms with van der Waals surface area (Å²) in [7, 11) is 0. The van der Waals surface area contributed by atoms with E-state index in [4.69, 9.17) is 0 Å². The first-order chi connectivity index (χ1) is 10.1. The molecular formula is C17H20N2O2. The number of carbonyl (C=O) groups is 1. The number of carboxylic acid groups (broad SMARTS) is 1. The molecule has 0 atom stereocenters. The molecule has 4 nitrogen and oxygen atoms in total. The molecule has 0 bridgehead atoms. The van der Waals surface area contributed by atoms with Gasteiger partial charge >= 0.3 is 5.97 Å². The Morgan fingerprint density at radius 3 is 2.67 bits per heavy atom. The number of nitrogens with zero attached hydrogens (tertiary/aromatic N) is 2. The zero-order chi connectivity index (χ0) is 14.9. The van der Waals surface area contributed by atoms with Crippen LogP contribution in [0.15, 0.2) is 36.7 Å². The summed E-state index contributed by atoms with van der Waals surface area (Å²) in [4.78, 5) is 11.9. The molecule has 0 saturated heterocycles. The van der Waals surface area contributed by atoms with Gasteiger partial charge in [0.1, 0.15) is 0 Å². The molecule has 1 aromatic carbocycles. The average molecular weight is 284 g/mol. The van der Waals surface area contributed by atoms with Gasteiger partial charge < -0.3 is 5.11 Å². The molecule has 1 fully saturated rings. The summed E-state index contributed by atoms with van der Waals surface area (Å²) in [5, 5.41) is 14.1. The van der Waals surface area contributed by atoms with Crippen LogP contribution < -0.4 is 0 Å². The van der Waals surface area contributed by atoms with E-state index in [1.165, 1.54) is 0 Å². The summed E-state index contributed by atoms with van der Waals surface area (Å²) in [5.41, 5.74) is 2.19. The van der Waals surface area contributed by atoms with Crippen LogP contribution in [0.4, 0.5) is 0 Å². The van der Waals surface area contributed by atoms with E-state index in [0.717, 1.165) is 48.9 Å². The minimum Gasteiger partial charge on any atom is -0.481 e. The van der Waals surface area contributed by atoms with E-state index in [1.807, 2.05) is 37.4 Å². The quantitative estimate of drug-likeness (QED) is 0.939. The second-order valence-electron chi connectivity index (χ2n) is 5.96. The predicted molar refractivity (Wildman–Crippen MR) is 80.7 cm³/mol. The Bertz CT molecular complexity index is 654. The molecule has 2 aromatic rings. The molecule has 0 aliphatic heterocycles. The summed E-state index contributed by atoms with van der Waals surface area (Å²) in [6, 6.07) is 7.82. The van der Waals surface area contributed by atoms with Gasteiger partial charge in [-0.25, -0.2) is 4.68 Å². The Morgan fingerprint density at radius 1 is 1.29 bits per heavy atom. The molecule has 0 amide bonds. The van der Waals surface area contributed by atoms with Crippen LogP contribution in [0.25, 0.3) is 5.69 Å². The van der Waals surface area contributed by atoms with Crippen LogP contribution in [-0.4, -0.2) is 20.9 Å². The number of hydrogen-bond acceptors (Lipinski definition) is 2. The van der Waals surface area contributed by atoms with Gasteiger partial charge in [0.05, 0.1) is 17.3 Å². The number of aliphatic carboxylic acids is 1. The third-order valence-corrected chi connectivity index (χ3v) is 4.49. The number of aryl methyl sites for hydroxylation is 1. The highest BCUT2D eigenvalue weighted by Gasteiger charge is 2.41. The summed E-state index contributed by atoms with van der Waals surface area (Å²) >= 11 is 0. The zero-order valence-electron chi connectivity index (χ0n) is 12.2. The largest absolute Gasteiger partial charge is 0.481 e. The minimum absolute atomic E-state index is 0.698. The fourth-order valence-corrected chi connectivity index (χ4v) is 3.28. The fourth-order valence-electron chi connectivity index (χ4n) is 3.28. The maximum Gasteiger partial charge on any atom is 0.314 e. The van der Waals surface area contributed by atoms with E-state index in [9.17, 15) is 9.90 Å². The lowest BCUT2D eigenvalue weighted by atomic mass is 9.69. The first-order valence-corrected chi connectivity index (χ1v) is 7.47. The lowest BCUT2D eigenvalue weighted by Crippen LogP contribution is -2.37. The van der Waals surface area contributed by atoms with Crippen molar-refractivity contribution in [3.05, 3.63) is 47.8 Å². The lowest BCUT2D eigenvalue weighted by Gasteiger charge is -2.33. The zero-order valence-corrected chi connectivity index (χ0v) is 12.2. The van der Waals surface area contributed by atoms with Crippen molar-refractivity contribution in [1.29, 1.82) is 0 Å². The predicted octanol–water partition coefficient (Wildman–Crippen LogP) is 3.47. The number of benzene rings is 1. The van der Waals surface area contributed by atoms with Crippen LogP contribution in [0.5, 0.6) is 0 Å². The van der Waals surface area contributed by atoms with Gasteiger partial charge in [0.25, 0.3) is 0 Å². The standard InChI is InChI=1S/C17H20N2O2/c1-13-11-18-19(12-13)15-7-5-6-14(10-15)17(16(20)21)8-3-2-4-9-17/h5-7,10-12H,2-4,8-9H2,1H3,(H,20,21). The molecule has 0 spiro atoms. The molecule has 0 unspecified atom stereocenters. The van der Waals surface area contributed by atoms with Gasteiger partial charge in [-0.05, 0) is 43.0 Å². The van der Waals surface area contributed by atoms with Crippen LogP contribution in [0.1, 0.15) is 43.2 Å². The molecule has 1 aromatic heterocycles. The van der Waals surface area contributed by atoms with E-state index in [1.54, 1.807) is 10.9 Å². The van der Waals surface area contributed by atoms with Crippen molar-refractivity contribution >= 4 is 5.97 Å². The van der Waals surface area contributed by atoms with Gasteiger partial charge in [-0.3, -0.25) is 4.79 Å². The Morgan fingerprint density at radius 2 is 2.05 bits per heavy atom. The Labute approximate surface area is 124 Å². The summed E-state index contributed by atoms with van der Waals surface area (Å²) in [6.45, 7) is 1.99. The first-order valence-electron chi connectivity index (χ1n) is 7.47. The Kier molecular flexibility index (Phi) is 3.53. The van der Waals surface area contributed by atoms with Crippen molar-refractivity contribution in [2.45, 2.75) is 44.4 Å². The highest BCUT2D eigenvalue weighted by atomic mass is 16.4. The molecule has 1 aliphatic carbocycles. The molecule has 21 heavy (non-hydrogen) atoms. The molecule has 1 heterocycles. The molecule has 0 radical (unpaired) electrons. The van der Waals surface area contributed by atoms with Crippen molar-refractivity contribution in [1.82, 2.24) is 9.78 Å². The van der Waals surface area contributed by atoms with E-state index in [2.05, 4.69) is 5.10 Å². The molecule has 3 rings (SSSR count). The van der Waals surface area contributed by atoms with Crippen molar-refractivity contribution in [2.75, 3.05) is 0 Å². The molecule has 110 valence electrons. The van der Waals surface area contributed by atoms with Gasteiger partial charge in [0.2, 0.25) is 0 Å². The van der Waals surface area contributed by atoms with Crippen LogP contribution in [0.3, 0.4) is 0 Å². The van der Waals surface area contributed by atoms with Crippen LogP contribution in [-0.2, 0) is 10.2 Å². The maximum absolute atomic E-state index is 11.9. The summed E-state index contributed by atoms with van der Waals surface area (Å²) in [5.74, 6) is -0.698. The van der Waals surface area contributed by atoms with Crippen LogP contribution >= 0.6 is 0 Å². The van der Waals surface area contributed by atoms with Gasteiger partial charge in [0, 0.05) is 6.20 Å². The third-order valence-electron chi connectivity index (χ3n) is 4.49. The number of aromatic nitrogens is 2. The van der Waals surface area contributed by atoms with Gasteiger partial charge in [-0.15, -0.1) is 0 Å². The molecule has 4 heteroatoms. The minimum atomic E-state index is -0.726. The van der Waals surface area contributed by atoms with E-state index >= 15 is 0 Å². The van der Waals surface area contributed by atoms with Crippen molar-refractivity contribution < 1.29 is 9.90 Å². The average Bonchev–Trinajstić information content (AvgIpc) is 2.94. The first kappa shape index (κ1) is 13.9. The van der Waals surface area contributed by atoms with Gasteiger partial charge in [-0.1, -0.05) is 31.4 Å². The molecule has 1 saturated carbocycles. The monoisotopic (exact) mass is 284 g/mol. The topological polar surface area (TPSA) is 55.1 Å². The SMILES string of the molecule is Cc1cnn(-c2cccc(C3(C(=O)O)CCCCC3)c2)c1. The number of rotatable bonds is 3. The summed E-state index contributed by atoms with van der Waals surface area (Å²) in [6.07, 6.45) is 8.31. The number of carboxylic acids is 1. The normalized spacial score (nSPS) is 17.6. The maximum atomic E-state index is 11.9. The number of hydrogen-bond donors (Lipinski definition) is 1. The van der Waals surface area contributed by atoms with E-state index in [-0.39, 0.29) is 0 Å². The van der Waals surface area contributed by atoms with Crippen molar-refractivity contribution in [2.24, 2.45) is 0 Å². The smallest absolute Gasteiger partial charge is 0.314 e. The van der Waals surface area contributed by atoms with Gasteiger partial charge in [-0.2, -0.15) is 5.10 Å². The summed E-state index contributed by atoms with van der Waals surface area (Å²) < 4.78 is 1.80. The van der Waals surface area contributed by atoms with Crippen LogP contribution in [0.2, 0.25) is 0 Å². The molecular weight excluding hydrogens is 264 g/mol. The Hall–Kier alpha value is -2.10. The van der Waals surface area contributed by atoms with E-state index in [0.29, 0.717) is 0 Å². The Balaban J connectivity index is 2.03. The van der Waals surface area contributed by atoms with Crippen molar-refractivity contribution in [3.63, 3.8) is 0 Å². The molecule has 1 N–H and O–H groups in total. The van der Waals surface area contributed by atoms with Crippen molar-refractivity contribution in [3.8, 4) is 5.69 Å². The second-order valence-corrected chi connectivity index (χ2v) is 5.96. The second kappa shape index (κ2) is 5.35. The van der Waals surface area contributed by atoms with E-state index < -0.39 is 11.4 Å². The highest BCUT2D eigenvalue weighted by Crippen LogP contribution is 2.40. The highest BCUT2D eigenvalue weighted by molar-refractivity contribution is 5.81. The lowest BCUT2D eigenvalue weighted by molar-refractivity contribution is -0.145. The molecule has 1 aliphatic rings. The van der Waals surface area contributed by atoms with Gasteiger partial charge in [0.15, 0.2) is 0 Å². The fraction of sp³-hybridized carbons (Fsp3) is 0.412. The van der Waals surface area contributed by atoms with Crippen LogP contribution in [0, 0.1) is 6.92 Å².